The van der Waals surface area contributed by atoms with E-state index in [4.69, 9.17) is 0 Å². The number of aliphatic hydroxyl groups is 1. The maximum absolute atomic E-state index is 15.2. The fourth-order valence-electron chi connectivity index (χ4n) is 8.42. The Morgan fingerprint density at radius 3 is 2.24 bits per heavy atom. The maximum Gasteiger partial charge on any atom is 0.456 e. The van der Waals surface area contributed by atoms with Gasteiger partial charge in [0.05, 0.1) is 4.90 Å². The van der Waals surface area contributed by atoms with Crippen molar-refractivity contribution in [3.8, 4) is 0 Å². The molecule has 0 aromatic heterocycles. The number of ketones is 1. The van der Waals surface area contributed by atoms with Gasteiger partial charge >= 0.3 is 12.1 Å². The van der Waals surface area contributed by atoms with Crippen LogP contribution in [-0.2, 0) is 29.6 Å². The van der Waals surface area contributed by atoms with Gasteiger partial charge in [0, 0.05) is 17.8 Å². The second-order valence-corrected chi connectivity index (χ2v) is 16.1. The fourth-order valence-corrected chi connectivity index (χ4v) is 10.7. The Bertz CT molecular complexity index is 1840. The molecule has 0 bridgehead atoms. The molecule has 0 amide bonds. The molecule has 6 nitrogen and oxygen atoms in total. The van der Waals surface area contributed by atoms with Gasteiger partial charge in [-0.3, -0.25) is 8.56 Å². The Kier molecular flexibility index (Phi) is 7.96. The van der Waals surface area contributed by atoms with Gasteiger partial charge in [-0.1, -0.05) is 59.4 Å². The number of carbonyl (C=O) groups is 1. The fraction of sp³-hybridized carbons (Fsp3) is 0.485. The van der Waals surface area contributed by atoms with E-state index in [1.165, 1.54) is 31.2 Å². The van der Waals surface area contributed by atoms with Crippen molar-refractivity contribution in [2.45, 2.75) is 92.2 Å². The highest BCUT2D eigenvalue weighted by Gasteiger charge is 2.79. The number of nitrogens with zero attached hydrogens (tertiary/aromatic N) is 1. The van der Waals surface area contributed by atoms with Crippen LogP contribution in [0, 0.1) is 24.2 Å². The first-order valence-electron chi connectivity index (χ1n) is 15.1. The van der Waals surface area contributed by atoms with Gasteiger partial charge in [0.15, 0.2) is 5.78 Å². The molecule has 13 heteroatoms. The van der Waals surface area contributed by atoms with E-state index in [0.29, 0.717) is 24.8 Å². The zero-order valence-corrected chi connectivity index (χ0v) is 26.7. The molecule has 0 aliphatic heterocycles. The second-order valence-electron chi connectivity index (χ2n) is 13.1. The van der Waals surface area contributed by atoms with E-state index in [0.717, 1.165) is 22.3 Å². The molecule has 5 atom stereocenters. The number of benzene rings is 2. The van der Waals surface area contributed by atoms with Crippen LogP contribution in [0.2, 0.25) is 0 Å². The zero-order chi connectivity index (χ0) is 33.4. The summed E-state index contributed by atoms with van der Waals surface area (Å²) in [6, 6.07) is 11.8. The number of fused-ring (bicyclic) bond motifs is 4. The number of alkyl halides is 5. The molecule has 0 spiro atoms. The van der Waals surface area contributed by atoms with Crippen LogP contribution in [-0.4, -0.2) is 37.0 Å². The average Bonchev–Trinajstić information content (AvgIpc) is 3.27. The molecule has 4 aliphatic carbocycles. The SMILES string of the molecule is Cc1ccc(S(=O)(=O)N=[S-](=O)c2ccc(C3CC4(C)C(CCC4(O)C(F)(F)C(F)(F)F)C4CCC5=CC(=O)CCC5=C34)cc2)cc1. The van der Waals surface area contributed by atoms with Crippen molar-refractivity contribution in [2.75, 3.05) is 0 Å². The summed E-state index contributed by atoms with van der Waals surface area (Å²) < 4.78 is 114. The molecule has 1 N–H and O–H groups in total. The molecule has 248 valence electrons. The lowest BCUT2D eigenvalue weighted by Gasteiger charge is -2.56. The molecular weight excluding hydrogens is 649 g/mol. The summed E-state index contributed by atoms with van der Waals surface area (Å²) >= 11 is 0. The maximum atomic E-state index is 15.2. The second kappa shape index (κ2) is 11.1. The van der Waals surface area contributed by atoms with E-state index < -0.39 is 62.0 Å². The van der Waals surface area contributed by atoms with Gasteiger partial charge in [0.2, 0.25) is 0 Å². The third-order valence-corrected chi connectivity index (χ3v) is 13.6. The standard InChI is InChI=1S/C33H33F5NO5S2/c1-19-3-11-24(12-4-19)46(43,44)39-45(42)23-9-5-20(6-10-23)27-18-30(2)28(15-16-31(30,41)32(34,35)33(36,37)38)26-13-7-21-17-22(40)8-14-25(21)29(26)27/h3-6,9-12,17,26-28,41H,7-8,13-16,18H2,1-2H3/q-1. The molecule has 2 aromatic rings. The summed E-state index contributed by atoms with van der Waals surface area (Å²) in [4.78, 5) is 12.2. The van der Waals surface area contributed by atoms with E-state index in [1.54, 1.807) is 37.3 Å². The molecule has 2 fully saturated rings. The molecule has 2 saturated carbocycles. The Hall–Kier alpha value is -2.90. The van der Waals surface area contributed by atoms with Crippen LogP contribution in [0.4, 0.5) is 22.0 Å². The van der Waals surface area contributed by atoms with Crippen molar-refractivity contribution in [1.29, 1.82) is 0 Å². The molecule has 0 heterocycles. The molecule has 5 unspecified atom stereocenters. The largest absolute Gasteiger partial charge is 0.456 e. The van der Waals surface area contributed by atoms with Gasteiger partial charge in [-0.2, -0.15) is 22.0 Å². The third-order valence-electron chi connectivity index (χ3n) is 10.7. The highest BCUT2D eigenvalue weighted by molar-refractivity contribution is 7.96. The Morgan fingerprint density at radius 1 is 0.957 bits per heavy atom. The van der Waals surface area contributed by atoms with Crippen LogP contribution in [0.1, 0.15) is 68.9 Å². The molecule has 46 heavy (non-hydrogen) atoms. The number of aryl methyl sites for hydroxylation is 1. The predicted molar refractivity (Wildman–Crippen MR) is 160 cm³/mol. The summed E-state index contributed by atoms with van der Waals surface area (Å²) in [6.07, 6.45) is -3.65. The van der Waals surface area contributed by atoms with Crippen LogP contribution in [0.5, 0.6) is 0 Å². The summed E-state index contributed by atoms with van der Waals surface area (Å²) in [7, 11) is -6.58. The van der Waals surface area contributed by atoms with Crippen LogP contribution < -0.4 is 0 Å². The topological polar surface area (TPSA) is 101 Å². The summed E-state index contributed by atoms with van der Waals surface area (Å²) in [5.41, 5.74) is -1.10. The van der Waals surface area contributed by atoms with Crippen molar-refractivity contribution >= 4 is 26.4 Å². The molecule has 0 radical (unpaired) electrons. The van der Waals surface area contributed by atoms with E-state index in [-0.39, 0.29) is 40.8 Å². The summed E-state index contributed by atoms with van der Waals surface area (Å²) in [5.74, 6) is -7.07. The quantitative estimate of drug-likeness (QED) is 0.257. The first kappa shape index (κ1) is 33.0. The first-order chi connectivity index (χ1) is 21.4. The number of hydrogen-bond donors (Lipinski definition) is 1. The minimum absolute atomic E-state index is 0.000302. The smallest absolute Gasteiger partial charge is 0.439 e. The zero-order valence-electron chi connectivity index (χ0n) is 25.1. The monoisotopic (exact) mass is 682 g/mol. The Balaban J connectivity index is 1.43. The predicted octanol–water partition coefficient (Wildman–Crippen LogP) is 7.72. The summed E-state index contributed by atoms with van der Waals surface area (Å²) in [6.45, 7) is 3.12. The lowest BCUT2D eigenvalue weighted by molar-refractivity contribution is -0.362. The van der Waals surface area contributed by atoms with Gasteiger partial charge in [0.25, 0.3) is 10.0 Å². The van der Waals surface area contributed by atoms with Crippen molar-refractivity contribution in [1.82, 2.24) is 0 Å². The van der Waals surface area contributed by atoms with E-state index in [9.17, 15) is 35.7 Å². The third kappa shape index (κ3) is 5.08. The van der Waals surface area contributed by atoms with Gasteiger partial charge in [-0.05, 0) is 92.2 Å². The van der Waals surface area contributed by atoms with Gasteiger partial charge < -0.3 is 9.32 Å². The molecular formula is C33H33F5NO5S2-. The minimum atomic E-state index is -5.95. The lowest BCUT2D eigenvalue weighted by atomic mass is 9.50. The number of sulfonamides is 1. The molecule has 4 aliphatic rings. The summed E-state index contributed by atoms with van der Waals surface area (Å²) in [5, 5.41) is 11.4. The van der Waals surface area contributed by atoms with Crippen molar-refractivity contribution in [2.24, 2.45) is 21.0 Å². The Labute approximate surface area is 266 Å². The van der Waals surface area contributed by atoms with Crippen molar-refractivity contribution in [3.05, 3.63) is 82.5 Å². The van der Waals surface area contributed by atoms with Crippen LogP contribution in [0.3, 0.4) is 0 Å². The Morgan fingerprint density at radius 2 is 1.61 bits per heavy atom. The van der Waals surface area contributed by atoms with Gasteiger partial charge in [-0.15, -0.1) is 10.6 Å². The lowest BCUT2D eigenvalue weighted by Crippen LogP contribution is -2.65. The number of carbonyl (C=O) groups excluding carboxylic acids is 1. The van der Waals surface area contributed by atoms with Gasteiger partial charge in [-0.25, -0.2) is 8.42 Å². The highest BCUT2D eigenvalue weighted by Crippen LogP contribution is 2.70. The molecule has 2 aromatic carbocycles. The number of rotatable bonds is 5. The van der Waals surface area contributed by atoms with Crippen molar-refractivity contribution < 1.29 is 44.5 Å². The number of allylic oxidation sites excluding steroid dienone is 4. The van der Waals surface area contributed by atoms with Crippen LogP contribution in [0.15, 0.2) is 84.9 Å². The number of halogens is 5. The van der Waals surface area contributed by atoms with Crippen LogP contribution >= 0.6 is 0 Å². The minimum Gasteiger partial charge on any atom is -0.439 e. The number of hydrogen-bond acceptors (Lipinski definition) is 6. The van der Waals surface area contributed by atoms with Crippen LogP contribution in [0.25, 0.3) is 0 Å². The highest BCUT2D eigenvalue weighted by atomic mass is 32.3. The van der Waals surface area contributed by atoms with E-state index >= 15 is 8.78 Å². The first-order valence-corrected chi connectivity index (χ1v) is 17.6. The van der Waals surface area contributed by atoms with E-state index in [1.807, 2.05) is 0 Å². The van der Waals surface area contributed by atoms with E-state index in [2.05, 4.69) is 3.77 Å². The average molecular weight is 683 g/mol. The molecule has 6 rings (SSSR count). The molecule has 0 saturated heterocycles. The normalized spacial score (nSPS) is 30.8. The van der Waals surface area contributed by atoms with Gasteiger partial charge in [0.1, 0.15) is 5.60 Å². The van der Waals surface area contributed by atoms with Crippen molar-refractivity contribution in [3.63, 3.8) is 0 Å².